The Hall–Kier alpha value is -2.65. The molecule has 3 amide bonds. The number of nitro benzene ring substituents is 1. The third-order valence-corrected chi connectivity index (χ3v) is 2.76. The SMILES string of the molecule is [2H]C([2H])([2H])C1(C([2H])([2H])[2H])NC(=O)N(c2ccc([N+](=O)[O-])c(C(F)(F)F)c2)C1=O. The monoisotopic (exact) mass is 323 g/mol. The van der Waals surface area contributed by atoms with Crippen molar-refractivity contribution in [3.8, 4) is 0 Å². The van der Waals surface area contributed by atoms with E-state index in [9.17, 15) is 32.9 Å². The molecule has 1 saturated heterocycles. The Kier molecular flexibility index (Phi) is 2.00. The van der Waals surface area contributed by atoms with Crippen LogP contribution in [0.1, 0.15) is 27.5 Å². The Morgan fingerprint density at radius 1 is 1.36 bits per heavy atom. The minimum absolute atomic E-state index is 0.0880. The molecule has 2 rings (SSSR count). The zero-order valence-electron chi connectivity index (χ0n) is 16.4. The van der Waals surface area contributed by atoms with Gasteiger partial charge in [0.25, 0.3) is 11.6 Å². The fraction of sp³-hybridized carbons (Fsp3) is 0.333. The lowest BCUT2D eigenvalue weighted by Crippen LogP contribution is -2.40. The molecule has 22 heavy (non-hydrogen) atoms. The van der Waals surface area contributed by atoms with E-state index in [2.05, 4.69) is 0 Å². The molecular weight excluding hydrogens is 307 g/mol. The van der Waals surface area contributed by atoms with E-state index in [0.29, 0.717) is 12.1 Å². The van der Waals surface area contributed by atoms with Crippen LogP contribution in [0.2, 0.25) is 0 Å². The number of nitrogens with one attached hydrogen (secondary N) is 1. The summed E-state index contributed by atoms with van der Waals surface area (Å²) in [6.07, 6.45) is -5.25. The van der Waals surface area contributed by atoms with Crippen LogP contribution in [0.5, 0.6) is 0 Å². The van der Waals surface area contributed by atoms with Gasteiger partial charge in [-0.25, -0.2) is 9.69 Å². The molecule has 0 unspecified atom stereocenters. The predicted molar refractivity (Wildman–Crippen MR) is 68.2 cm³/mol. The lowest BCUT2D eigenvalue weighted by molar-refractivity contribution is -0.388. The number of carbonyl (C=O) groups excluding carboxylic acids is 2. The molecule has 0 atom stereocenters. The molecular formula is C12H10F3N3O4. The predicted octanol–water partition coefficient (Wildman–Crippen LogP) is 2.45. The summed E-state index contributed by atoms with van der Waals surface area (Å²) in [5, 5.41) is 12.3. The number of carbonyl (C=O) groups is 2. The number of halogens is 3. The van der Waals surface area contributed by atoms with Gasteiger partial charge in [-0.05, 0) is 25.8 Å². The number of hydrogen-bond acceptors (Lipinski definition) is 4. The summed E-state index contributed by atoms with van der Waals surface area (Å²) in [6.45, 7) is -7.15. The number of anilines is 1. The molecule has 1 aromatic carbocycles. The number of nitro groups is 1. The van der Waals surface area contributed by atoms with Gasteiger partial charge in [0.15, 0.2) is 0 Å². The highest BCUT2D eigenvalue weighted by atomic mass is 19.4. The number of nitrogens with zero attached hydrogens (tertiary/aromatic N) is 2. The Morgan fingerprint density at radius 2 is 2.00 bits per heavy atom. The van der Waals surface area contributed by atoms with Crippen molar-refractivity contribution >= 4 is 23.3 Å². The second kappa shape index (κ2) is 4.68. The maximum absolute atomic E-state index is 13.1. The molecule has 1 fully saturated rings. The zero-order valence-corrected chi connectivity index (χ0v) is 10.4. The highest BCUT2D eigenvalue weighted by Gasteiger charge is 2.46. The summed E-state index contributed by atoms with van der Waals surface area (Å²) in [7, 11) is 0. The minimum Gasteiger partial charge on any atom is -0.323 e. The molecule has 0 radical (unpaired) electrons. The lowest BCUT2D eigenvalue weighted by Gasteiger charge is -2.17. The Labute approximate surface area is 130 Å². The highest BCUT2D eigenvalue weighted by Crippen LogP contribution is 2.39. The van der Waals surface area contributed by atoms with E-state index in [1.54, 1.807) is 0 Å². The Morgan fingerprint density at radius 3 is 2.45 bits per heavy atom. The van der Waals surface area contributed by atoms with Crippen molar-refractivity contribution in [2.45, 2.75) is 25.4 Å². The van der Waals surface area contributed by atoms with E-state index < -0.39 is 59.2 Å². The topological polar surface area (TPSA) is 92.6 Å². The quantitative estimate of drug-likeness (QED) is 0.514. The molecule has 118 valence electrons. The van der Waals surface area contributed by atoms with Crippen LogP contribution in [0.4, 0.5) is 29.3 Å². The molecule has 0 bridgehead atoms. The summed E-state index contributed by atoms with van der Waals surface area (Å²) < 4.78 is 83.6. The summed E-state index contributed by atoms with van der Waals surface area (Å²) in [5.41, 5.74) is -7.45. The number of amides is 3. The average molecular weight is 323 g/mol. The fourth-order valence-electron chi connectivity index (χ4n) is 1.81. The lowest BCUT2D eigenvalue weighted by atomic mass is 10.1. The van der Waals surface area contributed by atoms with Crippen LogP contribution < -0.4 is 10.2 Å². The van der Waals surface area contributed by atoms with E-state index >= 15 is 0 Å². The molecule has 1 heterocycles. The van der Waals surface area contributed by atoms with Gasteiger partial charge in [-0.2, -0.15) is 13.2 Å². The van der Waals surface area contributed by atoms with Gasteiger partial charge < -0.3 is 5.32 Å². The molecule has 1 aliphatic heterocycles. The van der Waals surface area contributed by atoms with Crippen molar-refractivity contribution in [3.63, 3.8) is 0 Å². The van der Waals surface area contributed by atoms with Crippen LogP contribution >= 0.6 is 0 Å². The van der Waals surface area contributed by atoms with Crippen molar-refractivity contribution in [1.29, 1.82) is 0 Å². The van der Waals surface area contributed by atoms with E-state index in [-0.39, 0.29) is 11.0 Å². The fourth-order valence-corrected chi connectivity index (χ4v) is 1.81. The van der Waals surface area contributed by atoms with Gasteiger partial charge in [0.1, 0.15) is 11.1 Å². The van der Waals surface area contributed by atoms with E-state index in [4.69, 9.17) is 8.22 Å². The molecule has 1 aliphatic rings. The van der Waals surface area contributed by atoms with Gasteiger partial charge >= 0.3 is 12.2 Å². The van der Waals surface area contributed by atoms with Gasteiger partial charge in [0, 0.05) is 14.3 Å². The smallest absolute Gasteiger partial charge is 0.323 e. The summed E-state index contributed by atoms with van der Waals surface area (Å²) >= 11 is 0. The maximum Gasteiger partial charge on any atom is 0.423 e. The zero-order chi connectivity index (χ0) is 21.9. The van der Waals surface area contributed by atoms with E-state index in [1.165, 1.54) is 5.32 Å². The Balaban J connectivity index is 2.69. The van der Waals surface area contributed by atoms with Gasteiger partial charge in [0.05, 0.1) is 10.6 Å². The van der Waals surface area contributed by atoms with E-state index in [0.717, 1.165) is 0 Å². The Bertz CT molecular complexity index is 854. The number of imide groups is 1. The van der Waals surface area contributed by atoms with Crippen molar-refractivity contribution in [2.24, 2.45) is 0 Å². The van der Waals surface area contributed by atoms with Crippen LogP contribution in [0, 0.1) is 10.1 Å². The second-order valence-corrected chi connectivity index (χ2v) is 4.28. The molecule has 0 spiro atoms. The van der Waals surface area contributed by atoms with Crippen LogP contribution in [-0.4, -0.2) is 22.4 Å². The molecule has 1 aromatic rings. The van der Waals surface area contributed by atoms with Crippen molar-refractivity contribution in [3.05, 3.63) is 33.9 Å². The van der Waals surface area contributed by atoms with Crippen LogP contribution in [0.25, 0.3) is 0 Å². The van der Waals surface area contributed by atoms with Crippen LogP contribution in [0.15, 0.2) is 18.2 Å². The van der Waals surface area contributed by atoms with Crippen molar-refractivity contribution in [2.75, 3.05) is 4.90 Å². The largest absolute Gasteiger partial charge is 0.423 e. The first kappa shape index (κ1) is 9.38. The number of alkyl halides is 3. The first-order valence-electron chi connectivity index (χ1n) is 8.47. The second-order valence-electron chi connectivity index (χ2n) is 4.28. The van der Waals surface area contributed by atoms with Crippen LogP contribution in [-0.2, 0) is 11.0 Å². The highest BCUT2D eigenvalue weighted by molar-refractivity contribution is 6.23. The number of benzene rings is 1. The van der Waals surface area contributed by atoms with Gasteiger partial charge in [-0.15, -0.1) is 0 Å². The minimum atomic E-state index is -5.25. The normalized spacial score (nSPS) is 22.8. The molecule has 7 nitrogen and oxygen atoms in total. The van der Waals surface area contributed by atoms with E-state index in [1.807, 2.05) is 0 Å². The summed E-state index contributed by atoms with van der Waals surface area (Å²) in [6, 6.07) is -0.548. The first-order chi connectivity index (χ1) is 12.4. The van der Waals surface area contributed by atoms with Crippen LogP contribution in [0.3, 0.4) is 0 Å². The molecule has 0 aliphatic carbocycles. The average Bonchev–Trinajstić information content (AvgIpc) is 2.77. The summed E-state index contributed by atoms with van der Waals surface area (Å²) in [5.74, 6) is -1.83. The van der Waals surface area contributed by atoms with Gasteiger partial charge in [-0.3, -0.25) is 14.9 Å². The molecule has 0 saturated carbocycles. The standard InChI is InChI=1S/C12H10F3N3O4/c1-11(2)9(19)17(10(20)16-11)6-3-4-8(18(21)22)7(5-6)12(13,14)15/h3-5H,1-2H3,(H,16,20)/i1D3,2D3. The third-order valence-electron chi connectivity index (χ3n) is 2.76. The first-order valence-corrected chi connectivity index (χ1v) is 5.47. The number of hydrogen-bond donors (Lipinski definition) is 1. The number of rotatable bonds is 2. The van der Waals surface area contributed by atoms with Gasteiger partial charge in [0.2, 0.25) is 0 Å². The summed E-state index contributed by atoms with van der Waals surface area (Å²) in [4.78, 5) is 34.1. The molecule has 0 aromatic heterocycles. The molecule has 1 N–H and O–H groups in total. The van der Waals surface area contributed by atoms with Gasteiger partial charge in [-0.1, -0.05) is 0 Å². The maximum atomic E-state index is 13.1. The third kappa shape index (κ3) is 2.47. The van der Waals surface area contributed by atoms with Crippen molar-refractivity contribution < 1.29 is 35.9 Å². The van der Waals surface area contributed by atoms with Crippen molar-refractivity contribution in [1.82, 2.24) is 5.32 Å². The number of urea groups is 1. The molecule has 10 heteroatoms.